The molecule has 0 aliphatic heterocycles. The molecule has 2 heteroatoms. The molecule has 1 aliphatic carbocycles. The Morgan fingerprint density at radius 1 is 1.35 bits per heavy atom. The highest BCUT2D eigenvalue weighted by molar-refractivity contribution is 5.79. The molecular weight excluding hydrogens is 280 g/mol. The van der Waals surface area contributed by atoms with Gasteiger partial charge in [-0.25, -0.2) is 0 Å². The normalized spacial score (nSPS) is 16.3. The van der Waals surface area contributed by atoms with Crippen molar-refractivity contribution in [2.75, 3.05) is 20.6 Å². The summed E-state index contributed by atoms with van der Waals surface area (Å²) >= 11 is 0. The number of hydrogen-bond acceptors (Lipinski definition) is 2. The van der Waals surface area contributed by atoms with Gasteiger partial charge in [-0.2, -0.15) is 0 Å². The average Bonchev–Trinajstić information content (AvgIpc) is 2.91. The first kappa shape index (κ1) is 17.4. The number of allylic oxidation sites excluding steroid dienone is 4. The minimum atomic E-state index is 0.268. The van der Waals surface area contributed by atoms with Crippen LogP contribution in [0.3, 0.4) is 0 Å². The molecule has 0 fully saturated rings. The highest BCUT2D eigenvalue weighted by atomic mass is 15.0. The van der Waals surface area contributed by atoms with Crippen LogP contribution in [0.2, 0.25) is 0 Å². The summed E-state index contributed by atoms with van der Waals surface area (Å²) in [5.41, 5.74) is 6.87. The van der Waals surface area contributed by atoms with E-state index in [0.717, 1.165) is 25.1 Å². The molecule has 0 saturated carbocycles. The summed E-state index contributed by atoms with van der Waals surface area (Å²) in [5.74, 6) is 0.268. The number of rotatable bonds is 7. The van der Waals surface area contributed by atoms with Gasteiger partial charge < -0.3 is 4.90 Å². The van der Waals surface area contributed by atoms with Gasteiger partial charge in [-0.15, -0.1) is 0 Å². The Balaban J connectivity index is 2.42. The zero-order valence-corrected chi connectivity index (χ0v) is 14.8. The van der Waals surface area contributed by atoms with Crippen LogP contribution < -0.4 is 0 Å². The van der Waals surface area contributed by atoms with Crippen LogP contribution in [-0.4, -0.2) is 32.3 Å². The first-order valence-corrected chi connectivity index (χ1v) is 8.33. The molecule has 1 atom stereocenters. The minimum absolute atomic E-state index is 0.268. The highest BCUT2D eigenvalue weighted by Gasteiger charge is 2.26. The molecule has 0 bridgehead atoms. The lowest BCUT2D eigenvalue weighted by molar-refractivity contribution is 0.412. The third-order valence-electron chi connectivity index (χ3n) is 4.47. The van der Waals surface area contributed by atoms with E-state index in [1.165, 1.54) is 16.7 Å². The molecule has 0 N–H and O–H groups in total. The summed E-state index contributed by atoms with van der Waals surface area (Å²) in [6, 6.07) is 8.77. The molecule has 1 aromatic carbocycles. The zero-order chi connectivity index (χ0) is 16.8. The van der Waals surface area contributed by atoms with Crippen LogP contribution in [0.4, 0.5) is 0 Å². The van der Waals surface area contributed by atoms with E-state index >= 15 is 0 Å². The second-order valence-corrected chi connectivity index (χ2v) is 6.40. The van der Waals surface area contributed by atoms with Crippen LogP contribution in [-0.2, 0) is 6.42 Å². The van der Waals surface area contributed by atoms with E-state index in [0.29, 0.717) is 0 Å². The first-order valence-electron chi connectivity index (χ1n) is 8.33. The van der Waals surface area contributed by atoms with Gasteiger partial charge in [-0.05, 0) is 63.4 Å². The fourth-order valence-electron chi connectivity index (χ4n) is 3.25. The monoisotopic (exact) mass is 308 g/mol. The maximum absolute atomic E-state index is 4.29. The van der Waals surface area contributed by atoms with Crippen LogP contribution in [0, 0.1) is 5.92 Å². The smallest absolute Gasteiger partial charge is 0.0468 e. The topological polar surface area (TPSA) is 15.6 Å². The number of nitrogens with zero attached hydrogens (tertiary/aromatic N) is 2. The molecule has 0 heterocycles. The molecule has 1 unspecified atom stereocenters. The second kappa shape index (κ2) is 8.07. The lowest BCUT2D eigenvalue weighted by Gasteiger charge is -2.18. The average molecular weight is 308 g/mol. The van der Waals surface area contributed by atoms with Crippen molar-refractivity contribution >= 4 is 12.3 Å². The minimum Gasteiger partial charge on any atom is -0.309 e. The Kier molecular flexibility index (Phi) is 6.12. The fraction of sp³-hybridized carbons (Fsp3) is 0.381. The van der Waals surface area contributed by atoms with E-state index in [9.17, 15) is 0 Å². The van der Waals surface area contributed by atoms with E-state index < -0.39 is 0 Å². The van der Waals surface area contributed by atoms with Gasteiger partial charge in [0.2, 0.25) is 0 Å². The molecule has 0 spiro atoms. The SMILES string of the molecule is C=NC(=CC=CC)C(C)C1=C(CCN(C)C)Cc2ccccc21. The van der Waals surface area contributed by atoms with E-state index in [-0.39, 0.29) is 5.92 Å². The molecule has 0 radical (unpaired) electrons. The summed E-state index contributed by atoms with van der Waals surface area (Å²) in [4.78, 5) is 6.54. The summed E-state index contributed by atoms with van der Waals surface area (Å²) < 4.78 is 0. The van der Waals surface area contributed by atoms with Gasteiger partial charge >= 0.3 is 0 Å². The van der Waals surface area contributed by atoms with Crippen molar-refractivity contribution in [1.82, 2.24) is 4.90 Å². The predicted molar refractivity (Wildman–Crippen MR) is 102 cm³/mol. The van der Waals surface area contributed by atoms with Crippen molar-refractivity contribution in [3.05, 3.63) is 64.9 Å². The third-order valence-corrected chi connectivity index (χ3v) is 4.47. The van der Waals surface area contributed by atoms with Crippen LogP contribution in [0.15, 0.2) is 58.8 Å². The molecule has 23 heavy (non-hydrogen) atoms. The zero-order valence-electron chi connectivity index (χ0n) is 14.8. The molecule has 122 valence electrons. The summed E-state index contributed by atoms with van der Waals surface area (Å²) in [7, 11) is 4.27. The van der Waals surface area contributed by atoms with Crippen molar-refractivity contribution < 1.29 is 0 Å². The van der Waals surface area contributed by atoms with Crippen molar-refractivity contribution in [2.24, 2.45) is 10.9 Å². The van der Waals surface area contributed by atoms with Gasteiger partial charge in [-0.3, -0.25) is 4.99 Å². The van der Waals surface area contributed by atoms with Gasteiger partial charge in [-0.1, -0.05) is 48.9 Å². The van der Waals surface area contributed by atoms with E-state index in [1.807, 2.05) is 19.1 Å². The van der Waals surface area contributed by atoms with Gasteiger partial charge in [0.15, 0.2) is 0 Å². The summed E-state index contributed by atoms with van der Waals surface area (Å²) in [6.07, 6.45) is 8.32. The number of aliphatic imine (C=N–C) groups is 1. The predicted octanol–water partition coefficient (Wildman–Crippen LogP) is 4.74. The molecular formula is C21H28N2. The number of hydrogen-bond donors (Lipinski definition) is 0. The Labute approximate surface area is 140 Å². The maximum atomic E-state index is 4.29. The van der Waals surface area contributed by atoms with Crippen molar-refractivity contribution in [3.8, 4) is 0 Å². The lowest BCUT2D eigenvalue weighted by atomic mass is 9.89. The Morgan fingerprint density at radius 2 is 2.09 bits per heavy atom. The van der Waals surface area contributed by atoms with Gasteiger partial charge in [0.1, 0.15) is 0 Å². The number of fused-ring (bicyclic) bond motifs is 1. The van der Waals surface area contributed by atoms with E-state index in [1.54, 1.807) is 5.57 Å². The molecule has 0 aromatic heterocycles. The van der Waals surface area contributed by atoms with Crippen LogP contribution >= 0.6 is 0 Å². The molecule has 0 amide bonds. The molecule has 1 aliphatic rings. The highest BCUT2D eigenvalue weighted by Crippen LogP contribution is 2.41. The Morgan fingerprint density at radius 3 is 2.74 bits per heavy atom. The fourth-order valence-corrected chi connectivity index (χ4v) is 3.25. The van der Waals surface area contributed by atoms with Gasteiger partial charge in [0.05, 0.1) is 0 Å². The van der Waals surface area contributed by atoms with Crippen molar-refractivity contribution in [2.45, 2.75) is 26.7 Å². The van der Waals surface area contributed by atoms with Gasteiger partial charge in [0, 0.05) is 18.2 Å². The van der Waals surface area contributed by atoms with Crippen molar-refractivity contribution in [1.29, 1.82) is 0 Å². The first-order chi connectivity index (χ1) is 11.1. The van der Waals surface area contributed by atoms with Crippen LogP contribution in [0.1, 0.15) is 31.4 Å². The van der Waals surface area contributed by atoms with E-state index in [2.05, 4.69) is 68.0 Å². The second-order valence-electron chi connectivity index (χ2n) is 6.40. The summed E-state index contributed by atoms with van der Waals surface area (Å²) in [5, 5.41) is 0. The number of benzene rings is 1. The Bertz CT molecular complexity index is 648. The molecule has 2 rings (SSSR count). The van der Waals surface area contributed by atoms with Crippen LogP contribution in [0.25, 0.3) is 5.57 Å². The maximum Gasteiger partial charge on any atom is 0.0468 e. The lowest BCUT2D eigenvalue weighted by Crippen LogP contribution is -2.14. The Hall–Kier alpha value is -1.93. The third kappa shape index (κ3) is 4.08. The van der Waals surface area contributed by atoms with Crippen LogP contribution in [0.5, 0.6) is 0 Å². The molecule has 1 aromatic rings. The molecule has 0 saturated heterocycles. The summed E-state index contributed by atoms with van der Waals surface area (Å²) in [6.45, 7) is 9.13. The largest absolute Gasteiger partial charge is 0.309 e. The molecule has 2 nitrogen and oxygen atoms in total. The van der Waals surface area contributed by atoms with Gasteiger partial charge in [0.25, 0.3) is 0 Å². The van der Waals surface area contributed by atoms with Crippen molar-refractivity contribution in [3.63, 3.8) is 0 Å². The standard InChI is InChI=1S/C21H28N2/c1-6-7-12-20(22-3)16(2)21-18(13-14-23(4)5)15-17-10-8-9-11-19(17)21/h6-12,16H,3,13-15H2,1-2,4-5H3. The van der Waals surface area contributed by atoms with E-state index in [4.69, 9.17) is 0 Å². The quantitative estimate of drug-likeness (QED) is 0.524.